The average molecular weight is 254 g/mol. The lowest BCUT2D eigenvalue weighted by Crippen LogP contribution is -2.48. The maximum Gasteiger partial charge on any atom is 0.337 e. The number of carbonyl (C=O) groups excluding carboxylic acids is 1. The van der Waals surface area contributed by atoms with Crippen molar-refractivity contribution in [1.29, 1.82) is 0 Å². The van der Waals surface area contributed by atoms with Crippen LogP contribution < -0.4 is 0 Å². The molecule has 0 heterocycles. The Labute approximate surface area is 113 Å². The first-order chi connectivity index (χ1) is 9.25. The average Bonchev–Trinajstić information content (AvgIpc) is 2.51. The van der Waals surface area contributed by atoms with Gasteiger partial charge in [0.15, 0.2) is 0 Å². The van der Waals surface area contributed by atoms with E-state index in [2.05, 4.69) is 35.1 Å². The molecule has 0 spiro atoms. The minimum Gasteiger partial charge on any atom is -0.361 e. The Kier molecular flexibility index (Phi) is 2.87. The van der Waals surface area contributed by atoms with Crippen LogP contribution in [-0.2, 0) is 10.2 Å². The van der Waals surface area contributed by atoms with Crippen molar-refractivity contribution in [3.05, 3.63) is 41.4 Å². The Morgan fingerprint density at radius 3 is 2.11 bits per heavy atom. The largest absolute Gasteiger partial charge is 0.361 e. The van der Waals surface area contributed by atoms with Gasteiger partial charge in [-0.05, 0) is 49.5 Å². The number of aldehydes is 1. The minimum atomic E-state index is -0.160. The summed E-state index contributed by atoms with van der Waals surface area (Å²) in [5.74, 6) is 0. The van der Waals surface area contributed by atoms with E-state index in [-0.39, 0.29) is 10.8 Å². The third kappa shape index (κ3) is 1.77. The summed E-state index contributed by atoms with van der Waals surface area (Å²) in [6.45, 7) is 0. The lowest BCUT2D eigenvalue weighted by molar-refractivity contribution is -0.110. The molecule has 98 valence electrons. The van der Waals surface area contributed by atoms with Crippen molar-refractivity contribution in [2.75, 3.05) is 0 Å². The topological polar surface area (TPSA) is 53.5 Å². The van der Waals surface area contributed by atoms with Crippen LogP contribution in [-0.4, -0.2) is 16.8 Å². The summed E-state index contributed by atoms with van der Waals surface area (Å²) in [4.78, 5) is 14.3. The SMILES string of the molecule is [N-]=[N+]=C(C=O)C12CCC(c3ccccc3)(CC1)CC2. The van der Waals surface area contributed by atoms with Gasteiger partial charge in [0.25, 0.3) is 0 Å². The summed E-state index contributed by atoms with van der Waals surface area (Å²) in [5, 5.41) is 0. The van der Waals surface area contributed by atoms with Crippen LogP contribution in [0, 0.1) is 5.41 Å². The lowest BCUT2D eigenvalue weighted by atomic mass is 9.51. The highest BCUT2D eigenvalue weighted by Gasteiger charge is 2.54. The maximum absolute atomic E-state index is 11.1. The number of rotatable bonds is 3. The molecule has 0 atom stereocenters. The summed E-state index contributed by atoms with van der Waals surface area (Å²) in [6.07, 6.45) is 6.87. The number of hydrogen-bond acceptors (Lipinski definition) is 1. The van der Waals surface area contributed by atoms with Crippen molar-refractivity contribution < 1.29 is 9.58 Å². The van der Waals surface area contributed by atoms with E-state index >= 15 is 0 Å². The zero-order valence-corrected chi connectivity index (χ0v) is 11.0. The molecule has 3 fully saturated rings. The summed E-state index contributed by atoms with van der Waals surface area (Å²) in [7, 11) is 0. The van der Waals surface area contributed by atoms with Crippen molar-refractivity contribution in [1.82, 2.24) is 0 Å². The number of hydrogen-bond donors (Lipinski definition) is 0. The molecule has 4 rings (SSSR count). The molecule has 0 N–H and O–H groups in total. The molecule has 3 aliphatic rings. The standard InChI is InChI=1S/C16H18N2O/c17-18-14(12-19)16-9-6-15(7-10-16,8-11-16)13-4-2-1-3-5-13/h1-5,12H,6-11H2. The van der Waals surface area contributed by atoms with Gasteiger partial charge in [0, 0.05) is 0 Å². The first kappa shape index (κ1) is 12.3. The fourth-order valence-electron chi connectivity index (χ4n) is 4.05. The van der Waals surface area contributed by atoms with Crippen LogP contribution >= 0.6 is 0 Å². The van der Waals surface area contributed by atoms with Crippen LogP contribution in [0.3, 0.4) is 0 Å². The van der Waals surface area contributed by atoms with Crippen molar-refractivity contribution in [3.8, 4) is 0 Å². The van der Waals surface area contributed by atoms with E-state index in [0.29, 0.717) is 5.71 Å². The van der Waals surface area contributed by atoms with Crippen LogP contribution in [0.4, 0.5) is 0 Å². The zero-order valence-electron chi connectivity index (χ0n) is 11.0. The molecule has 19 heavy (non-hydrogen) atoms. The van der Waals surface area contributed by atoms with E-state index in [4.69, 9.17) is 5.53 Å². The van der Waals surface area contributed by atoms with Crippen LogP contribution in [0.5, 0.6) is 0 Å². The van der Waals surface area contributed by atoms with E-state index in [0.717, 1.165) is 44.8 Å². The molecule has 0 aromatic heterocycles. The van der Waals surface area contributed by atoms with Gasteiger partial charge in [-0.1, -0.05) is 30.3 Å². The molecule has 0 unspecified atom stereocenters. The van der Waals surface area contributed by atoms with Crippen LogP contribution in [0.25, 0.3) is 5.53 Å². The van der Waals surface area contributed by atoms with Crippen LogP contribution in [0.2, 0.25) is 0 Å². The molecule has 2 bridgehead atoms. The van der Waals surface area contributed by atoms with E-state index in [1.165, 1.54) is 5.56 Å². The van der Waals surface area contributed by atoms with Crippen molar-refractivity contribution in [2.24, 2.45) is 5.41 Å². The molecule has 3 nitrogen and oxygen atoms in total. The third-order valence-corrected chi connectivity index (χ3v) is 5.40. The fraction of sp³-hybridized carbons (Fsp3) is 0.500. The molecule has 0 radical (unpaired) electrons. The Morgan fingerprint density at radius 2 is 1.63 bits per heavy atom. The quantitative estimate of drug-likeness (QED) is 0.354. The summed E-state index contributed by atoms with van der Waals surface area (Å²) < 4.78 is 0. The van der Waals surface area contributed by atoms with Gasteiger partial charge < -0.3 is 5.53 Å². The molecular formula is C16H18N2O. The van der Waals surface area contributed by atoms with E-state index in [1.807, 2.05) is 0 Å². The summed E-state index contributed by atoms with van der Waals surface area (Å²) in [5.41, 5.74) is 10.9. The van der Waals surface area contributed by atoms with Crippen LogP contribution in [0.15, 0.2) is 30.3 Å². The predicted molar refractivity (Wildman–Crippen MR) is 72.9 cm³/mol. The third-order valence-electron chi connectivity index (χ3n) is 5.40. The zero-order chi connectivity index (χ0) is 13.3. The molecule has 0 aliphatic heterocycles. The highest BCUT2D eigenvalue weighted by Crippen LogP contribution is 2.57. The molecular weight excluding hydrogens is 236 g/mol. The number of nitrogens with zero attached hydrogens (tertiary/aromatic N) is 2. The van der Waals surface area contributed by atoms with Gasteiger partial charge in [0.05, 0.1) is 5.41 Å². The normalized spacial score (nSPS) is 32.6. The Morgan fingerprint density at radius 1 is 1.05 bits per heavy atom. The highest BCUT2D eigenvalue weighted by atomic mass is 16.1. The molecule has 0 amide bonds. The van der Waals surface area contributed by atoms with Gasteiger partial charge in [-0.3, -0.25) is 4.79 Å². The van der Waals surface area contributed by atoms with Crippen molar-refractivity contribution in [3.63, 3.8) is 0 Å². The molecule has 0 saturated heterocycles. The first-order valence-corrected chi connectivity index (χ1v) is 6.98. The number of carbonyl (C=O) groups is 1. The van der Waals surface area contributed by atoms with Gasteiger partial charge in [0.2, 0.25) is 6.29 Å². The summed E-state index contributed by atoms with van der Waals surface area (Å²) in [6, 6.07) is 10.7. The van der Waals surface area contributed by atoms with E-state index in [1.54, 1.807) is 0 Å². The molecule has 3 aliphatic carbocycles. The van der Waals surface area contributed by atoms with Crippen molar-refractivity contribution >= 4 is 12.0 Å². The van der Waals surface area contributed by atoms with Crippen LogP contribution in [0.1, 0.15) is 44.1 Å². The maximum atomic E-state index is 11.1. The summed E-state index contributed by atoms with van der Waals surface area (Å²) >= 11 is 0. The second kappa shape index (κ2) is 4.43. The lowest BCUT2D eigenvalue weighted by Gasteiger charge is -2.51. The Balaban J connectivity index is 1.90. The Hall–Kier alpha value is -1.73. The second-order valence-electron chi connectivity index (χ2n) is 6.03. The molecule has 1 aromatic carbocycles. The van der Waals surface area contributed by atoms with Gasteiger partial charge in [-0.15, -0.1) is 0 Å². The first-order valence-electron chi connectivity index (χ1n) is 6.98. The monoisotopic (exact) mass is 254 g/mol. The van der Waals surface area contributed by atoms with Gasteiger partial charge >= 0.3 is 5.71 Å². The number of fused-ring (bicyclic) bond motifs is 3. The van der Waals surface area contributed by atoms with Crippen molar-refractivity contribution in [2.45, 2.75) is 43.9 Å². The van der Waals surface area contributed by atoms with Gasteiger partial charge in [0.1, 0.15) is 0 Å². The fourth-order valence-corrected chi connectivity index (χ4v) is 4.05. The molecule has 1 aromatic rings. The van der Waals surface area contributed by atoms with E-state index in [9.17, 15) is 4.79 Å². The molecule has 3 heteroatoms. The molecule has 3 saturated carbocycles. The second-order valence-corrected chi connectivity index (χ2v) is 6.03. The van der Waals surface area contributed by atoms with E-state index < -0.39 is 0 Å². The van der Waals surface area contributed by atoms with Gasteiger partial charge in [-0.25, -0.2) is 0 Å². The predicted octanol–water partition coefficient (Wildman–Crippen LogP) is 3.15. The van der Waals surface area contributed by atoms with Gasteiger partial charge in [-0.2, -0.15) is 4.79 Å². The Bertz CT molecular complexity index is 519. The minimum absolute atomic E-state index is 0.160. The number of benzene rings is 1. The highest BCUT2D eigenvalue weighted by molar-refractivity contribution is 6.27. The smallest absolute Gasteiger partial charge is 0.337 e.